The number of benzene rings is 1. The van der Waals surface area contributed by atoms with Crippen LogP contribution in [-0.4, -0.2) is 49.2 Å². The molecule has 1 N–H and O–H groups in total. The summed E-state index contributed by atoms with van der Waals surface area (Å²) in [6.45, 7) is 4.89. The van der Waals surface area contributed by atoms with Gasteiger partial charge in [-0.2, -0.15) is 11.8 Å². The zero-order valence-electron chi connectivity index (χ0n) is 13.5. The van der Waals surface area contributed by atoms with E-state index in [4.69, 9.17) is 4.74 Å². The van der Waals surface area contributed by atoms with E-state index in [1.54, 1.807) is 0 Å². The Morgan fingerprint density at radius 1 is 1.38 bits per heavy atom. The average molecular weight is 308 g/mol. The number of nitrogens with zero attached hydrogens (tertiary/aromatic N) is 1. The van der Waals surface area contributed by atoms with Crippen molar-refractivity contribution < 1.29 is 4.74 Å². The molecule has 118 valence electrons. The van der Waals surface area contributed by atoms with E-state index in [9.17, 15) is 0 Å². The quantitative estimate of drug-likeness (QED) is 0.718. The van der Waals surface area contributed by atoms with Crippen LogP contribution in [0.15, 0.2) is 24.3 Å². The number of thioether (sulfide) groups is 1. The first kappa shape index (κ1) is 16.7. The molecule has 0 saturated heterocycles. The summed E-state index contributed by atoms with van der Waals surface area (Å²) in [4.78, 5) is 2.36. The first-order valence-electron chi connectivity index (χ1n) is 7.84. The van der Waals surface area contributed by atoms with Gasteiger partial charge < -0.3 is 10.1 Å². The van der Waals surface area contributed by atoms with Gasteiger partial charge in [0.1, 0.15) is 12.4 Å². The molecule has 1 unspecified atom stereocenters. The standard InChI is InChI=1S/C17H28N2OS/c1-14(13-21-3)19(2)10-11-20-17-7-5-4-6-15(17)12-18-16-8-9-16/h4-7,14,16,18H,8-13H2,1-3H3. The van der Waals surface area contributed by atoms with E-state index in [0.717, 1.165) is 31.5 Å². The van der Waals surface area contributed by atoms with Gasteiger partial charge in [-0.3, -0.25) is 4.90 Å². The van der Waals surface area contributed by atoms with Crippen LogP contribution in [0.4, 0.5) is 0 Å². The van der Waals surface area contributed by atoms with Crippen molar-refractivity contribution >= 4 is 11.8 Å². The van der Waals surface area contributed by atoms with Gasteiger partial charge in [-0.1, -0.05) is 18.2 Å². The Bertz CT molecular complexity index is 423. The minimum Gasteiger partial charge on any atom is -0.492 e. The van der Waals surface area contributed by atoms with Crippen molar-refractivity contribution in [3.8, 4) is 5.75 Å². The summed E-state index contributed by atoms with van der Waals surface area (Å²) in [7, 11) is 2.17. The lowest BCUT2D eigenvalue weighted by Crippen LogP contribution is -2.34. The summed E-state index contributed by atoms with van der Waals surface area (Å²) < 4.78 is 6.00. The summed E-state index contributed by atoms with van der Waals surface area (Å²) in [5.74, 6) is 2.19. The third-order valence-corrected chi connectivity index (χ3v) is 4.81. The van der Waals surface area contributed by atoms with Crippen LogP contribution in [0.1, 0.15) is 25.3 Å². The van der Waals surface area contributed by atoms with Crippen molar-refractivity contribution in [3.05, 3.63) is 29.8 Å². The highest BCUT2D eigenvalue weighted by Crippen LogP contribution is 2.22. The van der Waals surface area contributed by atoms with Crippen LogP contribution in [0.3, 0.4) is 0 Å². The molecule has 0 aromatic heterocycles. The molecule has 0 amide bonds. The molecule has 0 radical (unpaired) electrons. The van der Waals surface area contributed by atoms with Gasteiger partial charge in [0.25, 0.3) is 0 Å². The van der Waals surface area contributed by atoms with Crippen LogP contribution in [-0.2, 0) is 6.54 Å². The number of nitrogens with one attached hydrogen (secondary N) is 1. The smallest absolute Gasteiger partial charge is 0.123 e. The maximum atomic E-state index is 6.00. The molecule has 1 aliphatic carbocycles. The van der Waals surface area contributed by atoms with Crippen molar-refractivity contribution in [2.24, 2.45) is 0 Å². The van der Waals surface area contributed by atoms with E-state index >= 15 is 0 Å². The number of hydrogen-bond donors (Lipinski definition) is 1. The molecule has 0 heterocycles. The number of para-hydroxylation sites is 1. The molecule has 0 bridgehead atoms. The lowest BCUT2D eigenvalue weighted by molar-refractivity contribution is 0.209. The normalized spacial score (nSPS) is 16.2. The van der Waals surface area contributed by atoms with E-state index in [2.05, 4.69) is 54.7 Å². The summed E-state index contributed by atoms with van der Waals surface area (Å²) in [5, 5.41) is 3.55. The van der Waals surface area contributed by atoms with Crippen molar-refractivity contribution in [2.45, 2.75) is 38.4 Å². The summed E-state index contributed by atoms with van der Waals surface area (Å²) >= 11 is 1.89. The lowest BCUT2D eigenvalue weighted by Gasteiger charge is -2.24. The second kappa shape index (κ2) is 8.66. The fourth-order valence-electron chi connectivity index (χ4n) is 2.22. The van der Waals surface area contributed by atoms with E-state index in [1.807, 2.05) is 11.8 Å². The predicted octanol–water partition coefficient (Wildman–Crippen LogP) is 3.00. The SMILES string of the molecule is CSCC(C)N(C)CCOc1ccccc1CNC1CC1. The van der Waals surface area contributed by atoms with Gasteiger partial charge in [0.2, 0.25) is 0 Å². The molecule has 2 rings (SSSR count). The molecular weight excluding hydrogens is 280 g/mol. The molecular formula is C17H28N2OS. The Kier molecular flexibility index (Phi) is 6.87. The summed E-state index contributed by atoms with van der Waals surface area (Å²) in [5.41, 5.74) is 1.27. The van der Waals surface area contributed by atoms with Crippen molar-refractivity contribution in [1.29, 1.82) is 0 Å². The third-order valence-electron chi connectivity index (χ3n) is 3.99. The van der Waals surface area contributed by atoms with Crippen LogP contribution < -0.4 is 10.1 Å². The average Bonchev–Trinajstić information content (AvgIpc) is 3.30. The Labute approximate surface area is 133 Å². The number of likely N-dealkylation sites (N-methyl/N-ethyl adjacent to an activating group) is 1. The Balaban J connectivity index is 1.76. The van der Waals surface area contributed by atoms with Crippen LogP contribution in [0, 0.1) is 0 Å². The predicted molar refractivity (Wildman–Crippen MR) is 92.3 cm³/mol. The van der Waals surface area contributed by atoms with Gasteiger partial charge in [-0.25, -0.2) is 0 Å². The van der Waals surface area contributed by atoms with Crippen molar-refractivity contribution in [1.82, 2.24) is 10.2 Å². The molecule has 1 atom stereocenters. The number of rotatable bonds is 10. The topological polar surface area (TPSA) is 24.5 Å². The zero-order valence-corrected chi connectivity index (χ0v) is 14.3. The highest BCUT2D eigenvalue weighted by molar-refractivity contribution is 7.98. The van der Waals surface area contributed by atoms with Gasteiger partial charge in [-0.05, 0) is 39.1 Å². The minimum absolute atomic E-state index is 0.593. The first-order chi connectivity index (χ1) is 10.2. The third kappa shape index (κ3) is 5.89. The van der Waals surface area contributed by atoms with Gasteiger partial charge in [0.15, 0.2) is 0 Å². The van der Waals surface area contributed by atoms with Gasteiger partial charge >= 0.3 is 0 Å². The highest BCUT2D eigenvalue weighted by Gasteiger charge is 2.20. The van der Waals surface area contributed by atoms with Crippen molar-refractivity contribution in [2.75, 3.05) is 32.2 Å². The summed E-state index contributed by atoms with van der Waals surface area (Å²) in [6.07, 6.45) is 4.80. The van der Waals surface area contributed by atoms with Gasteiger partial charge in [-0.15, -0.1) is 0 Å². The van der Waals surface area contributed by atoms with Crippen LogP contribution >= 0.6 is 11.8 Å². The fraction of sp³-hybridized carbons (Fsp3) is 0.647. The van der Waals surface area contributed by atoms with Crippen LogP contribution in [0.2, 0.25) is 0 Å². The number of ether oxygens (including phenoxy) is 1. The molecule has 1 aromatic carbocycles. The van der Waals surface area contributed by atoms with E-state index < -0.39 is 0 Å². The molecule has 0 aliphatic heterocycles. The molecule has 1 saturated carbocycles. The second-order valence-electron chi connectivity index (χ2n) is 5.90. The monoisotopic (exact) mass is 308 g/mol. The summed E-state index contributed by atoms with van der Waals surface area (Å²) in [6, 6.07) is 9.70. The molecule has 3 nitrogen and oxygen atoms in total. The lowest BCUT2D eigenvalue weighted by atomic mass is 10.2. The Hall–Kier alpha value is -0.710. The zero-order chi connectivity index (χ0) is 15.1. The molecule has 1 fully saturated rings. The number of hydrogen-bond acceptors (Lipinski definition) is 4. The Morgan fingerprint density at radius 3 is 2.86 bits per heavy atom. The molecule has 1 aromatic rings. The fourth-order valence-corrected chi connectivity index (χ4v) is 2.96. The van der Waals surface area contributed by atoms with E-state index in [1.165, 1.54) is 24.2 Å². The largest absolute Gasteiger partial charge is 0.492 e. The van der Waals surface area contributed by atoms with Crippen molar-refractivity contribution in [3.63, 3.8) is 0 Å². The highest BCUT2D eigenvalue weighted by atomic mass is 32.2. The molecule has 0 spiro atoms. The second-order valence-corrected chi connectivity index (χ2v) is 6.81. The van der Waals surface area contributed by atoms with Gasteiger partial charge in [0, 0.05) is 36.5 Å². The van der Waals surface area contributed by atoms with E-state index in [-0.39, 0.29) is 0 Å². The van der Waals surface area contributed by atoms with Gasteiger partial charge in [0.05, 0.1) is 0 Å². The van der Waals surface area contributed by atoms with Crippen LogP contribution in [0.25, 0.3) is 0 Å². The Morgan fingerprint density at radius 2 is 2.14 bits per heavy atom. The maximum absolute atomic E-state index is 6.00. The van der Waals surface area contributed by atoms with E-state index in [0.29, 0.717) is 6.04 Å². The minimum atomic E-state index is 0.593. The van der Waals surface area contributed by atoms with Crippen LogP contribution in [0.5, 0.6) is 5.75 Å². The maximum Gasteiger partial charge on any atom is 0.123 e. The first-order valence-corrected chi connectivity index (χ1v) is 9.23. The molecule has 4 heteroatoms. The molecule has 1 aliphatic rings. The molecule has 21 heavy (non-hydrogen) atoms.